The lowest BCUT2D eigenvalue weighted by Crippen LogP contribution is -2.22. The van der Waals surface area contributed by atoms with E-state index >= 15 is 0 Å². The van der Waals surface area contributed by atoms with Crippen LogP contribution in [0.2, 0.25) is 0 Å². The van der Waals surface area contributed by atoms with Crippen molar-refractivity contribution in [3.05, 3.63) is 54.1 Å². The summed E-state index contributed by atoms with van der Waals surface area (Å²) in [4.78, 5) is 11.8. The summed E-state index contributed by atoms with van der Waals surface area (Å²) >= 11 is 0. The number of nitrogens with one attached hydrogen (secondary N) is 2. The summed E-state index contributed by atoms with van der Waals surface area (Å²) in [7, 11) is 0. The van der Waals surface area contributed by atoms with Crippen LogP contribution in [0.15, 0.2) is 42.5 Å². The van der Waals surface area contributed by atoms with E-state index in [1.807, 2.05) is 13.8 Å². The van der Waals surface area contributed by atoms with Crippen molar-refractivity contribution in [2.24, 2.45) is 0 Å². The monoisotopic (exact) mass is 320 g/mol. The molecule has 0 heterocycles. The Morgan fingerprint density at radius 1 is 1.09 bits per heavy atom. The molecule has 0 saturated carbocycles. The number of halogens is 2. The predicted octanol–water partition coefficient (Wildman–Crippen LogP) is 3.80. The summed E-state index contributed by atoms with van der Waals surface area (Å²) < 4.78 is 32.4. The molecule has 0 radical (unpaired) electrons. The number of hydrogen-bond donors (Lipinski definition) is 2. The van der Waals surface area contributed by atoms with Crippen LogP contribution in [0.3, 0.4) is 0 Å². The van der Waals surface area contributed by atoms with E-state index < -0.39 is 17.5 Å². The lowest BCUT2D eigenvalue weighted by Gasteiger charge is -2.11. The molecule has 2 rings (SSSR count). The third-order valence-corrected chi connectivity index (χ3v) is 2.90. The molecule has 122 valence electrons. The first-order chi connectivity index (χ1) is 11.0. The van der Waals surface area contributed by atoms with E-state index in [-0.39, 0.29) is 18.3 Å². The Morgan fingerprint density at radius 2 is 1.70 bits per heavy atom. The van der Waals surface area contributed by atoms with Crippen LogP contribution in [0, 0.1) is 11.6 Å². The van der Waals surface area contributed by atoms with Crippen molar-refractivity contribution >= 4 is 17.3 Å². The Hall–Kier alpha value is -2.63. The Balaban J connectivity index is 1.90. The van der Waals surface area contributed by atoms with Crippen LogP contribution in [0.4, 0.5) is 20.2 Å². The minimum absolute atomic E-state index is 0.0651. The molecule has 2 N–H and O–H groups in total. The zero-order chi connectivity index (χ0) is 16.8. The summed E-state index contributed by atoms with van der Waals surface area (Å²) in [6, 6.07) is 10.4. The summed E-state index contributed by atoms with van der Waals surface area (Å²) in [5, 5.41) is 5.08. The molecule has 4 nitrogen and oxygen atoms in total. The highest BCUT2D eigenvalue weighted by Crippen LogP contribution is 2.18. The van der Waals surface area contributed by atoms with Crippen molar-refractivity contribution in [2.75, 3.05) is 17.2 Å². The highest BCUT2D eigenvalue weighted by Gasteiger charge is 2.10. The summed E-state index contributed by atoms with van der Waals surface area (Å²) in [6.45, 7) is 3.59. The van der Waals surface area contributed by atoms with Crippen molar-refractivity contribution in [2.45, 2.75) is 20.0 Å². The molecule has 0 aromatic heterocycles. The molecule has 0 fully saturated rings. The molecule has 0 saturated heterocycles. The van der Waals surface area contributed by atoms with Gasteiger partial charge in [-0.2, -0.15) is 0 Å². The van der Waals surface area contributed by atoms with Crippen LogP contribution in [0.5, 0.6) is 5.75 Å². The third-order valence-electron chi connectivity index (χ3n) is 2.90. The van der Waals surface area contributed by atoms with E-state index in [0.29, 0.717) is 11.4 Å². The van der Waals surface area contributed by atoms with Crippen molar-refractivity contribution in [3.8, 4) is 5.75 Å². The molecule has 0 aliphatic heterocycles. The maximum absolute atomic E-state index is 13.4. The fraction of sp³-hybridized carbons (Fsp3) is 0.235. The molecule has 0 aliphatic carbocycles. The van der Waals surface area contributed by atoms with Gasteiger partial charge in [0.2, 0.25) is 5.91 Å². The Morgan fingerprint density at radius 3 is 2.26 bits per heavy atom. The van der Waals surface area contributed by atoms with Crippen molar-refractivity contribution < 1.29 is 18.3 Å². The van der Waals surface area contributed by atoms with E-state index in [0.717, 1.165) is 12.1 Å². The van der Waals surface area contributed by atoms with E-state index in [9.17, 15) is 13.6 Å². The summed E-state index contributed by atoms with van der Waals surface area (Å²) in [5.41, 5.74) is 0.255. The quantitative estimate of drug-likeness (QED) is 0.851. The maximum atomic E-state index is 13.4. The van der Waals surface area contributed by atoms with Gasteiger partial charge in [0.05, 0.1) is 12.6 Å². The standard InChI is InChI=1S/C17H18F2N2O2/c1-11(2)23-13-8-6-12(7-9-13)21-16(22)10-20-17-14(18)4-3-5-15(17)19/h3-9,11,20H,10H2,1-2H3,(H,21,22). The van der Waals surface area contributed by atoms with Gasteiger partial charge >= 0.3 is 0 Å². The van der Waals surface area contributed by atoms with Crippen LogP contribution in [-0.4, -0.2) is 18.6 Å². The number of para-hydroxylation sites is 1. The molecule has 2 aromatic carbocycles. The number of carbonyl (C=O) groups excluding carboxylic acids is 1. The second-order valence-corrected chi connectivity index (χ2v) is 5.19. The summed E-state index contributed by atoms with van der Waals surface area (Å²) in [6.07, 6.45) is 0.0651. The molecular weight excluding hydrogens is 302 g/mol. The zero-order valence-corrected chi connectivity index (χ0v) is 12.9. The van der Waals surface area contributed by atoms with E-state index in [1.54, 1.807) is 24.3 Å². The number of anilines is 2. The van der Waals surface area contributed by atoms with Gasteiger partial charge in [0.15, 0.2) is 0 Å². The van der Waals surface area contributed by atoms with Crippen LogP contribution in [0.1, 0.15) is 13.8 Å². The topological polar surface area (TPSA) is 50.4 Å². The average molecular weight is 320 g/mol. The SMILES string of the molecule is CC(C)Oc1ccc(NC(=O)CNc2c(F)cccc2F)cc1. The van der Waals surface area contributed by atoms with Crippen LogP contribution < -0.4 is 15.4 Å². The van der Waals surface area contributed by atoms with Crippen molar-refractivity contribution in [1.82, 2.24) is 0 Å². The number of hydrogen-bond acceptors (Lipinski definition) is 3. The van der Waals surface area contributed by atoms with Gasteiger partial charge in [-0.3, -0.25) is 4.79 Å². The normalized spacial score (nSPS) is 10.5. The van der Waals surface area contributed by atoms with Gasteiger partial charge in [0.25, 0.3) is 0 Å². The third kappa shape index (κ3) is 4.95. The molecule has 0 unspecified atom stereocenters. The van der Waals surface area contributed by atoms with Gasteiger partial charge in [-0.1, -0.05) is 6.07 Å². The predicted molar refractivity (Wildman–Crippen MR) is 85.7 cm³/mol. The van der Waals surface area contributed by atoms with Gasteiger partial charge < -0.3 is 15.4 Å². The fourth-order valence-electron chi connectivity index (χ4n) is 1.93. The Labute approximate surface area is 133 Å². The van der Waals surface area contributed by atoms with Crippen LogP contribution in [-0.2, 0) is 4.79 Å². The smallest absolute Gasteiger partial charge is 0.243 e. The number of carbonyl (C=O) groups is 1. The van der Waals surface area contributed by atoms with Crippen LogP contribution >= 0.6 is 0 Å². The van der Waals surface area contributed by atoms with Crippen molar-refractivity contribution in [1.29, 1.82) is 0 Å². The molecule has 6 heteroatoms. The second kappa shape index (κ2) is 7.58. The molecule has 0 atom stereocenters. The van der Waals surface area contributed by atoms with Gasteiger partial charge in [0.1, 0.15) is 23.1 Å². The average Bonchev–Trinajstić information content (AvgIpc) is 2.48. The van der Waals surface area contributed by atoms with Gasteiger partial charge in [-0.25, -0.2) is 8.78 Å². The molecule has 2 aromatic rings. The van der Waals surface area contributed by atoms with E-state index in [1.165, 1.54) is 6.07 Å². The lowest BCUT2D eigenvalue weighted by atomic mass is 10.3. The fourth-order valence-corrected chi connectivity index (χ4v) is 1.93. The first-order valence-electron chi connectivity index (χ1n) is 7.20. The Kier molecular flexibility index (Phi) is 5.51. The molecular formula is C17H18F2N2O2. The number of amides is 1. The van der Waals surface area contributed by atoms with E-state index in [2.05, 4.69) is 10.6 Å². The van der Waals surface area contributed by atoms with Crippen molar-refractivity contribution in [3.63, 3.8) is 0 Å². The van der Waals surface area contributed by atoms with Gasteiger partial charge in [0, 0.05) is 5.69 Å². The molecule has 0 aliphatic rings. The van der Waals surface area contributed by atoms with Gasteiger partial charge in [-0.15, -0.1) is 0 Å². The minimum Gasteiger partial charge on any atom is -0.491 e. The highest BCUT2D eigenvalue weighted by atomic mass is 19.1. The Bertz CT molecular complexity index is 653. The molecule has 0 bridgehead atoms. The van der Waals surface area contributed by atoms with Gasteiger partial charge in [-0.05, 0) is 50.2 Å². The zero-order valence-electron chi connectivity index (χ0n) is 12.9. The molecule has 23 heavy (non-hydrogen) atoms. The minimum atomic E-state index is -0.743. The lowest BCUT2D eigenvalue weighted by molar-refractivity contribution is -0.114. The number of rotatable bonds is 6. The maximum Gasteiger partial charge on any atom is 0.243 e. The van der Waals surface area contributed by atoms with Crippen LogP contribution in [0.25, 0.3) is 0 Å². The largest absolute Gasteiger partial charge is 0.491 e. The number of ether oxygens (including phenoxy) is 1. The highest BCUT2D eigenvalue weighted by molar-refractivity contribution is 5.93. The number of benzene rings is 2. The molecule has 0 spiro atoms. The van der Waals surface area contributed by atoms with E-state index in [4.69, 9.17) is 4.74 Å². The first-order valence-corrected chi connectivity index (χ1v) is 7.20. The first kappa shape index (κ1) is 16.7. The summed E-state index contributed by atoms with van der Waals surface area (Å²) in [5.74, 6) is -1.20. The molecule has 1 amide bonds. The second-order valence-electron chi connectivity index (χ2n) is 5.19.